The monoisotopic (exact) mass is 284 g/mol. The van der Waals surface area contributed by atoms with Gasteiger partial charge in [0.15, 0.2) is 0 Å². The fourth-order valence-electron chi connectivity index (χ4n) is 1.36. The summed E-state index contributed by atoms with van der Waals surface area (Å²) in [7, 11) is 3.61. The van der Waals surface area contributed by atoms with Gasteiger partial charge in [0.1, 0.15) is 0 Å². The summed E-state index contributed by atoms with van der Waals surface area (Å²) in [6, 6.07) is 8.18. The zero-order valence-electron chi connectivity index (χ0n) is 9.66. The molecule has 0 saturated carbocycles. The Balaban J connectivity index is 2.39. The average Bonchev–Trinajstić information content (AvgIpc) is 2.28. The lowest BCUT2D eigenvalue weighted by Gasteiger charge is -2.16. The highest BCUT2D eigenvalue weighted by atomic mass is 79.9. The van der Waals surface area contributed by atoms with Gasteiger partial charge in [0.2, 0.25) is 5.91 Å². The number of likely N-dealkylation sites (N-methyl/N-ethyl adjacent to an activating group) is 2. The number of carbonyl (C=O) groups excluding carboxylic acids is 1. The van der Waals surface area contributed by atoms with Gasteiger partial charge in [0.25, 0.3) is 0 Å². The van der Waals surface area contributed by atoms with Crippen LogP contribution in [-0.4, -0.2) is 38.0 Å². The Morgan fingerprint density at radius 1 is 1.38 bits per heavy atom. The van der Waals surface area contributed by atoms with Gasteiger partial charge in [-0.2, -0.15) is 0 Å². The van der Waals surface area contributed by atoms with Gasteiger partial charge < -0.3 is 10.2 Å². The second kappa shape index (κ2) is 6.66. The molecule has 1 rings (SSSR count). The number of hydrogen-bond donors (Lipinski definition) is 1. The quantitative estimate of drug-likeness (QED) is 0.892. The van der Waals surface area contributed by atoms with Crippen molar-refractivity contribution in [3.8, 4) is 0 Å². The van der Waals surface area contributed by atoms with E-state index < -0.39 is 0 Å². The highest BCUT2D eigenvalue weighted by Gasteiger charge is 2.06. The van der Waals surface area contributed by atoms with E-state index in [1.54, 1.807) is 11.9 Å². The molecule has 0 unspecified atom stereocenters. The summed E-state index contributed by atoms with van der Waals surface area (Å²) in [6.07, 6.45) is 0.888. The number of rotatable bonds is 5. The van der Waals surface area contributed by atoms with Gasteiger partial charge in [0.05, 0.1) is 6.54 Å². The number of nitrogens with one attached hydrogen (secondary N) is 1. The molecule has 1 aromatic rings. The SMILES string of the molecule is CNCC(=O)N(C)CCc1ccc(Br)cc1. The van der Waals surface area contributed by atoms with E-state index in [0.717, 1.165) is 17.4 Å². The summed E-state index contributed by atoms with van der Waals surface area (Å²) in [6.45, 7) is 1.15. The highest BCUT2D eigenvalue weighted by molar-refractivity contribution is 9.10. The van der Waals surface area contributed by atoms with Crippen molar-refractivity contribution in [2.75, 3.05) is 27.2 Å². The molecule has 0 fully saturated rings. The molecule has 88 valence electrons. The van der Waals surface area contributed by atoms with Crippen LogP contribution in [0.1, 0.15) is 5.56 Å². The maximum atomic E-state index is 11.5. The van der Waals surface area contributed by atoms with Gasteiger partial charge in [-0.25, -0.2) is 0 Å². The topological polar surface area (TPSA) is 32.3 Å². The van der Waals surface area contributed by atoms with Crippen molar-refractivity contribution in [2.45, 2.75) is 6.42 Å². The molecule has 3 nitrogen and oxygen atoms in total. The van der Waals surface area contributed by atoms with Crippen molar-refractivity contribution in [3.63, 3.8) is 0 Å². The predicted octanol–water partition coefficient (Wildman–Crippen LogP) is 1.67. The van der Waals surface area contributed by atoms with Gasteiger partial charge in [0, 0.05) is 18.1 Å². The first kappa shape index (κ1) is 13.2. The average molecular weight is 285 g/mol. The fourth-order valence-corrected chi connectivity index (χ4v) is 1.62. The molecule has 0 bridgehead atoms. The number of amides is 1. The number of hydrogen-bond acceptors (Lipinski definition) is 2. The Morgan fingerprint density at radius 3 is 2.56 bits per heavy atom. The van der Waals surface area contributed by atoms with Gasteiger partial charge >= 0.3 is 0 Å². The van der Waals surface area contributed by atoms with Crippen LogP contribution in [0.15, 0.2) is 28.7 Å². The summed E-state index contributed by atoms with van der Waals surface area (Å²) >= 11 is 3.40. The lowest BCUT2D eigenvalue weighted by Crippen LogP contribution is -2.35. The summed E-state index contributed by atoms with van der Waals surface area (Å²) in [4.78, 5) is 13.2. The summed E-state index contributed by atoms with van der Waals surface area (Å²) in [5, 5.41) is 2.86. The van der Waals surface area contributed by atoms with Crippen LogP contribution in [0.2, 0.25) is 0 Å². The molecule has 0 aliphatic carbocycles. The minimum atomic E-state index is 0.125. The van der Waals surface area contributed by atoms with E-state index in [4.69, 9.17) is 0 Å². The first-order valence-electron chi connectivity index (χ1n) is 5.26. The standard InChI is InChI=1S/C12H17BrN2O/c1-14-9-12(16)15(2)8-7-10-3-5-11(13)6-4-10/h3-6,14H,7-9H2,1-2H3. The van der Waals surface area contributed by atoms with Gasteiger partial charge in [-0.05, 0) is 31.2 Å². The van der Waals surface area contributed by atoms with E-state index in [-0.39, 0.29) is 5.91 Å². The minimum Gasteiger partial charge on any atom is -0.344 e. The number of nitrogens with zero attached hydrogens (tertiary/aromatic N) is 1. The zero-order chi connectivity index (χ0) is 12.0. The largest absolute Gasteiger partial charge is 0.344 e. The number of benzene rings is 1. The van der Waals surface area contributed by atoms with Crippen molar-refractivity contribution < 1.29 is 4.79 Å². The van der Waals surface area contributed by atoms with E-state index in [0.29, 0.717) is 6.54 Å². The van der Waals surface area contributed by atoms with Gasteiger partial charge in [-0.1, -0.05) is 28.1 Å². The molecule has 1 amide bonds. The van der Waals surface area contributed by atoms with Gasteiger partial charge in [-0.3, -0.25) is 4.79 Å². The molecule has 0 aliphatic heterocycles. The zero-order valence-corrected chi connectivity index (χ0v) is 11.3. The maximum Gasteiger partial charge on any atom is 0.236 e. The third-order valence-corrected chi connectivity index (χ3v) is 2.93. The second-order valence-corrected chi connectivity index (χ2v) is 4.64. The smallest absolute Gasteiger partial charge is 0.236 e. The van der Waals surface area contributed by atoms with Crippen molar-refractivity contribution in [2.24, 2.45) is 0 Å². The van der Waals surface area contributed by atoms with Crippen molar-refractivity contribution in [1.82, 2.24) is 10.2 Å². The molecule has 0 radical (unpaired) electrons. The Bertz CT molecular complexity index is 337. The van der Waals surface area contributed by atoms with Crippen LogP contribution >= 0.6 is 15.9 Å². The Kier molecular flexibility index (Phi) is 5.49. The Morgan fingerprint density at radius 2 is 2.00 bits per heavy atom. The molecule has 0 heterocycles. The van der Waals surface area contributed by atoms with E-state index in [1.807, 2.05) is 19.2 Å². The highest BCUT2D eigenvalue weighted by Crippen LogP contribution is 2.10. The fraction of sp³-hybridized carbons (Fsp3) is 0.417. The van der Waals surface area contributed by atoms with Crippen LogP contribution < -0.4 is 5.32 Å². The molecule has 0 aromatic heterocycles. The van der Waals surface area contributed by atoms with E-state index in [1.165, 1.54) is 5.56 Å². The first-order valence-corrected chi connectivity index (χ1v) is 6.06. The molecule has 4 heteroatoms. The van der Waals surface area contributed by atoms with Crippen molar-refractivity contribution >= 4 is 21.8 Å². The van der Waals surface area contributed by atoms with Crippen molar-refractivity contribution in [3.05, 3.63) is 34.3 Å². The number of carbonyl (C=O) groups is 1. The summed E-state index contributed by atoms with van der Waals surface area (Å²) in [5.74, 6) is 0.125. The Labute approximate surface area is 105 Å². The van der Waals surface area contributed by atoms with Crippen LogP contribution in [0.25, 0.3) is 0 Å². The second-order valence-electron chi connectivity index (χ2n) is 3.72. The first-order chi connectivity index (χ1) is 7.63. The molecule has 0 aliphatic rings. The van der Waals surface area contributed by atoms with Gasteiger partial charge in [-0.15, -0.1) is 0 Å². The van der Waals surface area contributed by atoms with E-state index >= 15 is 0 Å². The summed E-state index contributed by atoms with van der Waals surface area (Å²) in [5.41, 5.74) is 1.24. The molecule has 1 N–H and O–H groups in total. The van der Waals surface area contributed by atoms with Crippen LogP contribution in [-0.2, 0) is 11.2 Å². The molecule has 0 atom stereocenters. The van der Waals surface area contributed by atoms with Crippen LogP contribution in [0.4, 0.5) is 0 Å². The van der Waals surface area contributed by atoms with E-state index in [2.05, 4.69) is 33.4 Å². The lowest BCUT2D eigenvalue weighted by atomic mass is 10.1. The third-order valence-electron chi connectivity index (χ3n) is 2.40. The molecule has 0 saturated heterocycles. The van der Waals surface area contributed by atoms with Crippen LogP contribution in [0.3, 0.4) is 0 Å². The third kappa shape index (κ3) is 4.33. The van der Waals surface area contributed by atoms with E-state index in [9.17, 15) is 4.79 Å². The molecule has 16 heavy (non-hydrogen) atoms. The maximum absolute atomic E-state index is 11.5. The number of halogens is 1. The van der Waals surface area contributed by atoms with Crippen LogP contribution in [0.5, 0.6) is 0 Å². The Hall–Kier alpha value is -0.870. The molecular weight excluding hydrogens is 268 g/mol. The molecular formula is C12H17BrN2O. The van der Waals surface area contributed by atoms with Crippen LogP contribution in [0, 0.1) is 0 Å². The normalized spacial score (nSPS) is 10.2. The molecule has 0 spiro atoms. The molecule has 1 aromatic carbocycles. The minimum absolute atomic E-state index is 0.125. The lowest BCUT2D eigenvalue weighted by molar-refractivity contribution is -0.128. The summed E-state index contributed by atoms with van der Waals surface area (Å²) < 4.78 is 1.08. The van der Waals surface area contributed by atoms with Crippen molar-refractivity contribution in [1.29, 1.82) is 0 Å². The predicted molar refractivity (Wildman–Crippen MR) is 69.4 cm³/mol.